The van der Waals surface area contributed by atoms with Crippen LogP contribution in [0, 0.1) is 0 Å². The monoisotopic (exact) mass is 153 g/mol. The third-order valence-corrected chi connectivity index (χ3v) is 1.62. The molecule has 2 rings (SSSR count). The van der Waals surface area contributed by atoms with E-state index in [1.54, 1.807) is 6.07 Å². The summed E-state index contributed by atoms with van der Waals surface area (Å²) in [4.78, 5) is 3.92. The van der Waals surface area contributed by atoms with Crippen LogP contribution in [0.25, 0.3) is 11.1 Å². The molecular formula is C7H4ClNO. The second kappa shape index (κ2) is 1.99. The van der Waals surface area contributed by atoms with Crippen molar-refractivity contribution >= 4 is 22.7 Å². The summed E-state index contributed by atoms with van der Waals surface area (Å²) in [5.74, 6) is 0. The van der Waals surface area contributed by atoms with Crippen LogP contribution in [-0.4, -0.2) is 4.98 Å². The maximum Gasteiger partial charge on any atom is 0.182 e. The van der Waals surface area contributed by atoms with Gasteiger partial charge in [0.05, 0.1) is 5.02 Å². The molecule has 1 aromatic carbocycles. The Hall–Kier alpha value is -1.02. The lowest BCUT2D eigenvalue weighted by Crippen LogP contribution is -1.67. The van der Waals surface area contributed by atoms with Crippen LogP contribution in [0.1, 0.15) is 0 Å². The van der Waals surface area contributed by atoms with Crippen LogP contribution in [0.5, 0.6) is 0 Å². The van der Waals surface area contributed by atoms with Crippen molar-refractivity contribution in [1.82, 2.24) is 4.98 Å². The Morgan fingerprint density at radius 3 is 3.10 bits per heavy atom. The zero-order valence-corrected chi connectivity index (χ0v) is 5.80. The third kappa shape index (κ3) is 0.693. The van der Waals surface area contributed by atoms with E-state index in [4.69, 9.17) is 16.0 Å². The first-order valence-electron chi connectivity index (χ1n) is 2.85. The minimum Gasteiger partial charge on any atom is -0.443 e. The van der Waals surface area contributed by atoms with Crippen LogP contribution in [0.3, 0.4) is 0 Å². The third-order valence-electron chi connectivity index (χ3n) is 1.31. The fourth-order valence-corrected chi connectivity index (χ4v) is 1.07. The van der Waals surface area contributed by atoms with Crippen LogP contribution in [0.15, 0.2) is 29.0 Å². The average Bonchev–Trinajstić information content (AvgIpc) is 2.36. The number of oxazole rings is 1. The molecule has 2 aromatic rings. The Balaban J connectivity index is 2.95. The molecule has 0 aliphatic heterocycles. The lowest BCUT2D eigenvalue weighted by molar-refractivity contribution is 0.602. The second-order valence-electron chi connectivity index (χ2n) is 1.94. The highest BCUT2D eigenvalue weighted by Crippen LogP contribution is 2.20. The summed E-state index contributed by atoms with van der Waals surface area (Å²) in [6.07, 6.45) is 1.39. The van der Waals surface area contributed by atoms with Gasteiger partial charge in [0.25, 0.3) is 0 Å². The van der Waals surface area contributed by atoms with Gasteiger partial charge in [-0.25, -0.2) is 4.98 Å². The SMILES string of the molecule is Clc1cccc2ocnc12. The number of para-hydroxylation sites is 1. The summed E-state index contributed by atoms with van der Waals surface area (Å²) in [7, 11) is 0. The largest absolute Gasteiger partial charge is 0.443 e. The predicted octanol–water partition coefficient (Wildman–Crippen LogP) is 2.48. The normalized spacial score (nSPS) is 10.5. The van der Waals surface area contributed by atoms with Crippen molar-refractivity contribution in [3.8, 4) is 0 Å². The van der Waals surface area contributed by atoms with Crippen molar-refractivity contribution in [1.29, 1.82) is 0 Å². The number of aromatic nitrogens is 1. The second-order valence-corrected chi connectivity index (χ2v) is 2.35. The van der Waals surface area contributed by atoms with Gasteiger partial charge in [0.1, 0.15) is 5.52 Å². The number of rotatable bonds is 0. The highest BCUT2D eigenvalue weighted by Gasteiger charge is 1.99. The number of hydrogen-bond donors (Lipinski definition) is 0. The van der Waals surface area contributed by atoms with Gasteiger partial charge in [0.2, 0.25) is 0 Å². The van der Waals surface area contributed by atoms with Crippen molar-refractivity contribution in [3.63, 3.8) is 0 Å². The van der Waals surface area contributed by atoms with E-state index < -0.39 is 0 Å². The van der Waals surface area contributed by atoms with Crippen LogP contribution >= 0.6 is 11.6 Å². The molecule has 0 bridgehead atoms. The van der Waals surface area contributed by atoms with Crippen molar-refractivity contribution < 1.29 is 4.42 Å². The molecule has 0 saturated carbocycles. The molecule has 0 unspecified atom stereocenters. The highest BCUT2D eigenvalue weighted by molar-refractivity contribution is 6.34. The molecule has 0 fully saturated rings. The fraction of sp³-hybridized carbons (Fsp3) is 0. The van der Waals surface area contributed by atoms with Crippen molar-refractivity contribution in [2.75, 3.05) is 0 Å². The minimum atomic E-state index is 0.631. The molecule has 0 N–H and O–H groups in total. The molecule has 0 radical (unpaired) electrons. The van der Waals surface area contributed by atoms with Crippen molar-refractivity contribution in [2.24, 2.45) is 0 Å². The van der Waals surface area contributed by atoms with Gasteiger partial charge in [-0.2, -0.15) is 0 Å². The van der Waals surface area contributed by atoms with Gasteiger partial charge in [0.15, 0.2) is 12.0 Å². The van der Waals surface area contributed by atoms with Gasteiger partial charge < -0.3 is 4.42 Å². The summed E-state index contributed by atoms with van der Waals surface area (Å²) >= 11 is 5.78. The maximum absolute atomic E-state index is 5.78. The van der Waals surface area contributed by atoms with E-state index in [0.717, 1.165) is 11.1 Å². The van der Waals surface area contributed by atoms with E-state index in [-0.39, 0.29) is 0 Å². The van der Waals surface area contributed by atoms with Gasteiger partial charge in [-0.15, -0.1) is 0 Å². The van der Waals surface area contributed by atoms with Crippen LogP contribution < -0.4 is 0 Å². The van der Waals surface area contributed by atoms with E-state index in [1.807, 2.05) is 12.1 Å². The Bertz CT molecular complexity index is 355. The van der Waals surface area contributed by atoms with E-state index in [0.29, 0.717) is 5.02 Å². The molecule has 1 heterocycles. The minimum absolute atomic E-state index is 0.631. The van der Waals surface area contributed by atoms with E-state index in [1.165, 1.54) is 6.39 Å². The van der Waals surface area contributed by atoms with Crippen LogP contribution in [-0.2, 0) is 0 Å². The molecule has 0 atom stereocenters. The summed E-state index contributed by atoms with van der Waals surface area (Å²) in [5.41, 5.74) is 1.46. The lowest BCUT2D eigenvalue weighted by Gasteiger charge is -1.86. The quantitative estimate of drug-likeness (QED) is 0.581. The van der Waals surface area contributed by atoms with Crippen LogP contribution in [0.4, 0.5) is 0 Å². The average molecular weight is 154 g/mol. The first-order chi connectivity index (χ1) is 4.88. The maximum atomic E-state index is 5.78. The van der Waals surface area contributed by atoms with E-state index >= 15 is 0 Å². The molecular weight excluding hydrogens is 150 g/mol. The molecule has 0 amide bonds. The Morgan fingerprint density at radius 2 is 2.30 bits per heavy atom. The Morgan fingerprint density at radius 1 is 1.40 bits per heavy atom. The highest BCUT2D eigenvalue weighted by atomic mass is 35.5. The number of nitrogens with zero attached hydrogens (tertiary/aromatic N) is 1. The van der Waals surface area contributed by atoms with Gasteiger partial charge in [-0.05, 0) is 12.1 Å². The summed E-state index contributed by atoms with van der Waals surface area (Å²) in [6, 6.07) is 5.44. The number of halogens is 1. The molecule has 0 spiro atoms. The van der Waals surface area contributed by atoms with E-state index in [9.17, 15) is 0 Å². The zero-order valence-electron chi connectivity index (χ0n) is 5.04. The smallest absolute Gasteiger partial charge is 0.182 e. The lowest BCUT2D eigenvalue weighted by atomic mass is 10.3. The number of fused-ring (bicyclic) bond motifs is 1. The first kappa shape index (κ1) is 5.74. The van der Waals surface area contributed by atoms with E-state index in [2.05, 4.69) is 4.98 Å². The fourth-order valence-electron chi connectivity index (χ4n) is 0.852. The standard InChI is InChI=1S/C7H4ClNO/c8-5-2-1-3-6-7(5)9-4-10-6/h1-4H. The van der Waals surface area contributed by atoms with Crippen molar-refractivity contribution in [2.45, 2.75) is 0 Å². The molecule has 0 saturated heterocycles. The Kier molecular flexibility index (Phi) is 1.14. The summed E-state index contributed by atoms with van der Waals surface area (Å²) in [5, 5.41) is 0.631. The number of benzene rings is 1. The Labute approximate surface area is 62.4 Å². The van der Waals surface area contributed by atoms with Crippen LogP contribution in [0.2, 0.25) is 5.02 Å². The molecule has 50 valence electrons. The molecule has 3 heteroatoms. The molecule has 0 aliphatic rings. The molecule has 1 aromatic heterocycles. The molecule has 10 heavy (non-hydrogen) atoms. The molecule has 0 aliphatic carbocycles. The first-order valence-corrected chi connectivity index (χ1v) is 3.23. The van der Waals surface area contributed by atoms with Gasteiger partial charge in [0, 0.05) is 0 Å². The predicted molar refractivity (Wildman–Crippen MR) is 39.0 cm³/mol. The van der Waals surface area contributed by atoms with Gasteiger partial charge in [-0.3, -0.25) is 0 Å². The zero-order chi connectivity index (χ0) is 6.97. The molecule has 2 nitrogen and oxygen atoms in total. The van der Waals surface area contributed by atoms with Gasteiger partial charge >= 0.3 is 0 Å². The summed E-state index contributed by atoms with van der Waals surface area (Å²) in [6.45, 7) is 0. The topological polar surface area (TPSA) is 26.0 Å². The van der Waals surface area contributed by atoms with Gasteiger partial charge in [-0.1, -0.05) is 17.7 Å². The van der Waals surface area contributed by atoms with Crippen molar-refractivity contribution in [3.05, 3.63) is 29.6 Å². The summed E-state index contributed by atoms with van der Waals surface area (Å²) < 4.78 is 5.00. The number of hydrogen-bond acceptors (Lipinski definition) is 2.